The highest BCUT2D eigenvalue weighted by Crippen LogP contribution is 2.45. The van der Waals surface area contributed by atoms with Crippen LogP contribution in [-0.4, -0.2) is 96.7 Å². The molecule has 0 rings (SSSR count). The Bertz CT molecular complexity index is 1730. The van der Waals surface area contributed by atoms with Crippen LogP contribution in [0.15, 0.2) is 0 Å². The van der Waals surface area contributed by atoms with Crippen molar-refractivity contribution in [1.29, 1.82) is 0 Å². The standard InChI is InChI=1S/C70H136O17P2/c1-7-9-11-13-15-17-19-21-22-23-24-26-30-35-43-49-55-70(75)86-65(58-80-67(72)52-46-40-33-31-27-28-32-38-44-50-62(3)4)60-84-88(76,77)82-56-64(71)57-83-89(78,79)85-61-66(59-81-68(73)53-47-41-37-36-39-45-51-63(5)6)87-69(74)54-48-42-34-29-25-20-18-16-14-12-10-8-2/h62-66,71H,7-61H2,1-6H3,(H,76,77)(H,78,79)/t64-,65-,66-/m1/s1. The highest BCUT2D eigenvalue weighted by Gasteiger charge is 2.30. The fourth-order valence-corrected chi connectivity index (χ4v) is 12.2. The molecule has 0 aromatic carbocycles. The van der Waals surface area contributed by atoms with Gasteiger partial charge in [0.2, 0.25) is 0 Å². The van der Waals surface area contributed by atoms with Gasteiger partial charge in [-0.25, -0.2) is 9.13 Å². The average Bonchev–Trinajstić information content (AvgIpc) is 3.70. The van der Waals surface area contributed by atoms with E-state index in [1.165, 1.54) is 167 Å². The summed E-state index contributed by atoms with van der Waals surface area (Å²) in [6.45, 7) is 9.45. The molecule has 0 aromatic heterocycles. The molecule has 0 aliphatic heterocycles. The average molecular weight is 1310 g/mol. The number of carbonyl (C=O) groups excluding carboxylic acids is 4. The number of esters is 4. The topological polar surface area (TPSA) is 237 Å². The first kappa shape index (κ1) is 87.1. The summed E-state index contributed by atoms with van der Waals surface area (Å²) in [5, 5.41) is 10.6. The second kappa shape index (κ2) is 62.2. The molecule has 89 heavy (non-hydrogen) atoms. The third kappa shape index (κ3) is 64.6. The Labute approximate surface area is 543 Å². The van der Waals surface area contributed by atoms with E-state index in [9.17, 15) is 43.2 Å². The lowest BCUT2D eigenvalue weighted by atomic mass is 10.0. The van der Waals surface area contributed by atoms with Crippen LogP contribution in [0.25, 0.3) is 0 Å². The summed E-state index contributed by atoms with van der Waals surface area (Å²) in [5.74, 6) is -0.701. The van der Waals surface area contributed by atoms with E-state index in [0.717, 1.165) is 102 Å². The predicted molar refractivity (Wildman–Crippen MR) is 358 cm³/mol. The van der Waals surface area contributed by atoms with Gasteiger partial charge in [-0.05, 0) is 37.5 Å². The number of aliphatic hydroxyl groups is 1. The van der Waals surface area contributed by atoms with E-state index >= 15 is 0 Å². The number of ether oxygens (including phenoxy) is 4. The van der Waals surface area contributed by atoms with E-state index in [1.807, 2.05) is 0 Å². The van der Waals surface area contributed by atoms with Gasteiger partial charge in [0.15, 0.2) is 12.2 Å². The lowest BCUT2D eigenvalue weighted by molar-refractivity contribution is -0.161. The van der Waals surface area contributed by atoms with Gasteiger partial charge in [-0.2, -0.15) is 0 Å². The molecule has 0 saturated heterocycles. The molecule has 0 bridgehead atoms. The Hall–Kier alpha value is -1.94. The van der Waals surface area contributed by atoms with E-state index in [1.54, 1.807) is 0 Å². The van der Waals surface area contributed by atoms with Crippen LogP contribution in [-0.2, 0) is 65.4 Å². The fraction of sp³-hybridized carbons (Fsp3) is 0.943. The summed E-state index contributed by atoms with van der Waals surface area (Å²) in [5.41, 5.74) is 0. The van der Waals surface area contributed by atoms with Crippen molar-refractivity contribution in [2.75, 3.05) is 39.6 Å². The van der Waals surface area contributed by atoms with E-state index in [2.05, 4.69) is 41.5 Å². The molecule has 0 aliphatic rings. The first-order chi connectivity index (χ1) is 42.9. The van der Waals surface area contributed by atoms with Crippen molar-refractivity contribution in [3.05, 3.63) is 0 Å². The van der Waals surface area contributed by atoms with Crippen LogP contribution in [0.5, 0.6) is 0 Å². The molecule has 2 unspecified atom stereocenters. The number of carbonyl (C=O) groups is 4. The maximum atomic E-state index is 13.0. The van der Waals surface area contributed by atoms with Crippen LogP contribution in [0.3, 0.4) is 0 Å². The van der Waals surface area contributed by atoms with Crippen molar-refractivity contribution >= 4 is 39.5 Å². The molecule has 528 valence electrons. The van der Waals surface area contributed by atoms with Crippen LogP contribution in [0.4, 0.5) is 0 Å². The van der Waals surface area contributed by atoms with Crippen molar-refractivity contribution in [1.82, 2.24) is 0 Å². The smallest absolute Gasteiger partial charge is 0.462 e. The first-order valence-electron chi connectivity index (χ1n) is 36.5. The summed E-state index contributed by atoms with van der Waals surface area (Å²) < 4.78 is 68.3. The molecule has 0 amide bonds. The third-order valence-electron chi connectivity index (χ3n) is 16.2. The first-order valence-corrected chi connectivity index (χ1v) is 39.5. The van der Waals surface area contributed by atoms with Gasteiger partial charge in [-0.3, -0.25) is 37.3 Å². The largest absolute Gasteiger partial charge is 0.472 e. The molecule has 5 atom stereocenters. The van der Waals surface area contributed by atoms with Crippen LogP contribution >= 0.6 is 15.6 Å². The minimum Gasteiger partial charge on any atom is -0.462 e. The maximum Gasteiger partial charge on any atom is 0.472 e. The Morgan fingerprint density at radius 1 is 0.303 bits per heavy atom. The van der Waals surface area contributed by atoms with Gasteiger partial charge >= 0.3 is 39.5 Å². The minimum atomic E-state index is -4.95. The summed E-state index contributed by atoms with van der Waals surface area (Å²) in [7, 11) is -9.90. The molecular formula is C70H136O17P2. The maximum absolute atomic E-state index is 13.0. The van der Waals surface area contributed by atoms with Crippen LogP contribution in [0.2, 0.25) is 0 Å². The lowest BCUT2D eigenvalue weighted by Crippen LogP contribution is -2.30. The van der Waals surface area contributed by atoms with Crippen LogP contribution < -0.4 is 0 Å². The Kier molecular flexibility index (Phi) is 60.8. The fourth-order valence-electron chi connectivity index (χ4n) is 10.6. The van der Waals surface area contributed by atoms with E-state index in [-0.39, 0.29) is 25.7 Å². The normalized spacial score (nSPS) is 14.1. The zero-order valence-electron chi connectivity index (χ0n) is 57.7. The highest BCUT2D eigenvalue weighted by molar-refractivity contribution is 7.47. The molecule has 0 saturated carbocycles. The zero-order chi connectivity index (χ0) is 65.7. The quantitative estimate of drug-likeness (QED) is 0.0222. The van der Waals surface area contributed by atoms with Gasteiger partial charge in [-0.15, -0.1) is 0 Å². The number of hydrogen-bond acceptors (Lipinski definition) is 15. The molecule has 0 spiro atoms. The number of phosphoric ester groups is 2. The molecule has 0 aromatic rings. The van der Waals surface area contributed by atoms with Crippen molar-refractivity contribution in [2.45, 2.75) is 374 Å². The predicted octanol–water partition coefficient (Wildman–Crippen LogP) is 20.0. The summed E-state index contributed by atoms with van der Waals surface area (Å²) in [4.78, 5) is 72.5. The molecule has 0 fully saturated rings. The molecule has 17 nitrogen and oxygen atoms in total. The third-order valence-corrected chi connectivity index (χ3v) is 18.1. The van der Waals surface area contributed by atoms with Gasteiger partial charge in [0.05, 0.1) is 26.4 Å². The molecule has 3 N–H and O–H groups in total. The van der Waals surface area contributed by atoms with Gasteiger partial charge in [0.25, 0.3) is 0 Å². The zero-order valence-corrected chi connectivity index (χ0v) is 59.5. The van der Waals surface area contributed by atoms with Crippen molar-refractivity contribution in [2.24, 2.45) is 11.8 Å². The Morgan fingerprint density at radius 2 is 0.517 bits per heavy atom. The summed E-state index contributed by atoms with van der Waals surface area (Å²) >= 11 is 0. The summed E-state index contributed by atoms with van der Waals surface area (Å²) in [6, 6.07) is 0. The lowest BCUT2D eigenvalue weighted by Gasteiger charge is -2.21. The second-order valence-electron chi connectivity index (χ2n) is 26.2. The van der Waals surface area contributed by atoms with Gasteiger partial charge in [0.1, 0.15) is 19.3 Å². The number of aliphatic hydroxyl groups excluding tert-OH is 1. The molecule has 0 heterocycles. The van der Waals surface area contributed by atoms with Crippen molar-refractivity contribution < 1.29 is 80.2 Å². The SMILES string of the molecule is CCCCCCCCCCCCCCCCCCC(=O)O[C@H](COC(=O)CCCCCCCCCCCC(C)C)COP(=O)(O)OC[C@@H](O)COP(=O)(O)OC[C@@H](COC(=O)CCCCCCCCC(C)C)OC(=O)CCCCCCCCCCCCCC. The monoisotopic (exact) mass is 1310 g/mol. The van der Waals surface area contributed by atoms with Crippen molar-refractivity contribution in [3.8, 4) is 0 Å². The molecule has 0 aliphatic carbocycles. The van der Waals surface area contributed by atoms with E-state index in [4.69, 9.17) is 37.0 Å². The number of unbranched alkanes of at least 4 members (excludes halogenated alkanes) is 39. The second-order valence-corrected chi connectivity index (χ2v) is 29.1. The van der Waals surface area contributed by atoms with E-state index < -0.39 is 97.5 Å². The van der Waals surface area contributed by atoms with Crippen LogP contribution in [0, 0.1) is 11.8 Å². The highest BCUT2D eigenvalue weighted by atomic mass is 31.2. The Balaban J connectivity index is 5.24. The number of rotatable bonds is 69. The van der Waals surface area contributed by atoms with Crippen LogP contribution in [0.1, 0.15) is 356 Å². The number of phosphoric acid groups is 2. The molecule has 19 heteroatoms. The van der Waals surface area contributed by atoms with Gasteiger partial charge in [-0.1, -0.05) is 305 Å². The summed E-state index contributed by atoms with van der Waals surface area (Å²) in [6.07, 6.45) is 47.3. The van der Waals surface area contributed by atoms with Crippen molar-refractivity contribution in [3.63, 3.8) is 0 Å². The minimum absolute atomic E-state index is 0.106. The molecule has 0 radical (unpaired) electrons. The number of hydrogen-bond donors (Lipinski definition) is 3. The van der Waals surface area contributed by atoms with Gasteiger partial charge in [0, 0.05) is 25.7 Å². The van der Waals surface area contributed by atoms with E-state index in [0.29, 0.717) is 31.6 Å². The molecular weight excluding hydrogens is 1170 g/mol. The Morgan fingerprint density at radius 3 is 0.764 bits per heavy atom. The van der Waals surface area contributed by atoms with Gasteiger partial charge < -0.3 is 33.8 Å².